The molecule has 19 heavy (non-hydrogen) atoms. The van der Waals surface area contributed by atoms with Crippen LogP contribution in [0.25, 0.3) is 0 Å². The van der Waals surface area contributed by atoms with E-state index in [1.807, 2.05) is 12.3 Å². The molecule has 0 aromatic carbocycles. The summed E-state index contributed by atoms with van der Waals surface area (Å²) in [6.45, 7) is 9.37. The highest BCUT2D eigenvalue weighted by Crippen LogP contribution is 2.21. The third-order valence-electron chi connectivity index (χ3n) is 3.37. The lowest BCUT2D eigenvalue weighted by molar-refractivity contribution is 0.518. The summed E-state index contributed by atoms with van der Waals surface area (Å²) >= 11 is 6.26. The van der Waals surface area contributed by atoms with E-state index in [0.717, 1.165) is 37.4 Å². The van der Waals surface area contributed by atoms with Crippen LogP contribution in [0.15, 0.2) is 12.3 Å². The monoisotopic (exact) mass is 283 g/mol. The molecule has 0 aliphatic carbocycles. The van der Waals surface area contributed by atoms with Gasteiger partial charge in [0.05, 0.1) is 5.02 Å². The second-order valence-corrected chi connectivity index (χ2v) is 5.32. The van der Waals surface area contributed by atoms with E-state index < -0.39 is 0 Å². The molecule has 0 radical (unpaired) electrons. The predicted molar refractivity (Wildman–Crippen MR) is 83.8 cm³/mol. The highest BCUT2D eigenvalue weighted by atomic mass is 35.5. The van der Waals surface area contributed by atoms with Gasteiger partial charge in [-0.15, -0.1) is 0 Å². The average molecular weight is 284 g/mol. The number of nitrogens with zero attached hydrogens (tertiary/aromatic N) is 1. The van der Waals surface area contributed by atoms with Crippen LogP contribution in [-0.2, 0) is 6.54 Å². The Bertz CT molecular complexity index is 364. The Labute approximate surface area is 122 Å². The van der Waals surface area contributed by atoms with E-state index in [0.29, 0.717) is 10.9 Å². The summed E-state index contributed by atoms with van der Waals surface area (Å²) in [5.74, 6) is 1.48. The van der Waals surface area contributed by atoms with Crippen molar-refractivity contribution in [1.29, 1.82) is 0 Å². The highest BCUT2D eigenvalue weighted by Gasteiger charge is 2.07. The van der Waals surface area contributed by atoms with Crippen molar-refractivity contribution in [3.63, 3.8) is 0 Å². The molecule has 0 saturated heterocycles. The van der Waals surface area contributed by atoms with Crippen molar-refractivity contribution in [1.82, 2.24) is 10.3 Å². The number of nitrogens with one attached hydrogen (secondary N) is 2. The molecular formula is C15H26ClN3. The van der Waals surface area contributed by atoms with Crippen LogP contribution in [0.1, 0.15) is 45.6 Å². The van der Waals surface area contributed by atoms with Crippen LogP contribution in [0.4, 0.5) is 5.82 Å². The van der Waals surface area contributed by atoms with Gasteiger partial charge in [0.2, 0.25) is 0 Å². The van der Waals surface area contributed by atoms with Crippen molar-refractivity contribution in [3.05, 3.63) is 22.8 Å². The van der Waals surface area contributed by atoms with Gasteiger partial charge in [-0.1, -0.05) is 45.2 Å². The lowest BCUT2D eigenvalue weighted by atomic mass is 10.0. The van der Waals surface area contributed by atoms with Gasteiger partial charge in [0.1, 0.15) is 5.82 Å². The summed E-state index contributed by atoms with van der Waals surface area (Å²) in [6, 6.07) is 1.99. The summed E-state index contributed by atoms with van der Waals surface area (Å²) < 4.78 is 0. The molecule has 0 aliphatic heterocycles. The van der Waals surface area contributed by atoms with E-state index >= 15 is 0 Å². The molecule has 3 nitrogen and oxygen atoms in total. The largest absolute Gasteiger partial charge is 0.369 e. The number of rotatable bonds is 9. The van der Waals surface area contributed by atoms with Crippen LogP contribution < -0.4 is 10.6 Å². The van der Waals surface area contributed by atoms with E-state index in [1.54, 1.807) is 0 Å². The molecule has 0 aliphatic rings. The molecule has 108 valence electrons. The minimum absolute atomic E-state index is 0.684. The molecule has 0 spiro atoms. The number of anilines is 1. The maximum absolute atomic E-state index is 6.26. The number of hydrogen-bond acceptors (Lipinski definition) is 3. The van der Waals surface area contributed by atoms with E-state index in [4.69, 9.17) is 11.6 Å². The van der Waals surface area contributed by atoms with Crippen LogP contribution >= 0.6 is 11.6 Å². The van der Waals surface area contributed by atoms with Gasteiger partial charge < -0.3 is 10.6 Å². The molecule has 1 rings (SSSR count). The fraction of sp³-hybridized carbons (Fsp3) is 0.667. The molecule has 0 bridgehead atoms. The molecule has 1 aromatic rings. The quantitative estimate of drug-likeness (QED) is 0.671. The predicted octanol–water partition coefficient (Wildman–Crippen LogP) is 4.08. The lowest BCUT2D eigenvalue weighted by Gasteiger charge is -2.15. The first-order chi connectivity index (χ1) is 9.21. The van der Waals surface area contributed by atoms with Crippen LogP contribution in [0, 0.1) is 5.92 Å². The standard InChI is InChI=1S/C15H26ClN3/c1-4-7-17-9-13-8-14(16)15(19-11-13)18-10-12(5-2)6-3/h8,11-12,17H,4-7,9-10H2,1-3H3,(H,18,19). The molecule has 0 unspecified atom stereocenters. The van der Waals surface area contributed by atoms with Gasteiger partial charge >= 0.3 is 0 Å². The Balaban J connectivity index is 2.51. The zero-order valence-corrected chi connectivity index (χ0v) is 13.1. The van der Waals surface area contributed by atoms with E-state index in [2.05, 4.69) is 36.4 Å². The Kier molecular flexibility index (Phi) is 7.84. The Hall–Kier alpha value is -0.800. The number of pyridine rings is 1. The van der Waals surface area contributed by atoms with Crippen molar-refractivity contribution in [2.24, 2.45) is 5.92 Å². The molecule has 1 aromatic heterocycles. The second kappa shape index (κ2) is 9.16. The molecule has 0 saturated carbocycles. The van der Waals surface area contributed by atoms with Crippen LogP contribution in [-0.4, -0.2) is 18.1 Å². The summed E-state index contributed by atoms with van der Waals surface area (Å²) in [6.07, 6.45) is 5.39. The summed E-state index contributed by atoms with van der Waals surface area (Å²) in [7, 11) is 0. The maximum Gasteiger partial charge on any atom is 0.144 e. The van der Waals surface area contributed by atoms with Crippen molar-refractivity contribution < 1.29 is 0 Å². The van der Waals surface area contributed by atoms with Gasteiger partial charge in [-0.05, 0) is 30.5 Å². The SMILES string of the molecule is CCCNCc1cnc(NCC(CC)CC)c(Cl)c1. The Morgan fingerprint density at radius 3 is 2.58 bits per heavy atom. The second-order valence-electron chi connectivity index (χ2n) is 4.91. The van der Waals surface area contributed by atoms with E-state index in [9.17, 15) is 0 Å². The van der Waals surface area contributed by atoms with Gasteiger partial charge in [0, 0.05) is 19.3 Å². The van der Waals surface area contributed by atoms with E-state index in [-0.39, 0.29) is 0 Å². The summed E-state index contributed by atoms with van der Waals surface area (Å²) in [5, 5.41) is 7.40. The van der Waals surface area contributed by atoms with Crippen LogP contribution in [0.5, 0.6) is 0 Å². The zero-order chi connectivity index (χ0) is 14.1. The smallest absolute Gasteiger partial charge is 0.144 e. The zero-order valence-electron chi connectivity index (χ0n) is 12.3. The van der Waals surface area contributed by atoms with Crippen molar-refractivity contribution in [2.45, 2.75) is 46.6 Å². The molecule has 0 fully saturated rings. The van der Waals surface area contributed by atoms with Crippen LogP contribution in [0.2, 0.25) is 5.02 Å². The van der Waals surface area contributed by atoms with Crippen molar-refractivity contribution in [3.8, 4) is 0 Å². The molecule has 0 atom stereocenters. The highest BCUT2D eigenvalue weighted by molar-refractivity contribution is 6.32. The summed E-state index contributed by atoms with van der Waals surface area (Å²) in [4.78, 5) is 4.41. The van der Waals surface area contributed by atoms with Crippen LogP contribution in [0.3, 0.4) is 0 Å². The molecule has 2 N–H and O–H groups in total. The van der Waals surface area contributed by atoms with Gasteiger partial charge in [-0.25, -0.2) is 4.98 Å². The molecular weight excluding hydrogens is 258 g/mol. The Morgan fingerprint density at radius 1 is 1.26 bits per heavy atom. The maximum atomic E-state index is 6.26. The van der Waals surface area contributed by atoms with Crippen molar-refractivity contribution >= 4 is 17.4 Å². The Morgan fingerprint density at radius 2 is 2.00 bits per heavy atom. The first-order valence-electron chi connectivity index (χ1n) is 7.30. The third-order valence-corrected chi connectivity index (χ3v) is 3.65. The number of hydrogen-bond donors (Lipinski definition) is 2. The normalized spacial score (nSPS) is 11.0. The first kappa shape index (κ1) is 16.3. The topological polar surface area (TPSA) is 37.0 Å². The minimum atomic E-state index is 0.684. The summed E-state index contributed by atoms with van der Waals surface area (Å²) in [5.41, 5.74) is 1.13. The molecule has 0 amide bonds. The van der Waals surface area contributed by atoms with Gasteiger partial charge in [0.25, 0.3) is 0 Å². The lowest BCUT2D eigenvalue weighted by Crippen LogP contribution is -2.15. The molecule has 1 heterocycles. The fourth-order valence-electron chi connectivity index (χ4n) is 1.93. The fourth-order valence-corrected chi connectivity index (χ4v) is 2.19. The van der Waals surface area contributed by atoms with Crippen molar-refractivity contribution in [2.75, 3.05) is 18.4 Å². The minimum Gasteiger partial charge on any atom is -0.369 e. The average Bonchev–Trinajstić information content (AvgIpc) is 2.42. The molecule has 4 heteroatoms. The number of aromatic nitrogens is 1. The van der Waals surface area contributed by atoms with E-state index in [1.165, 1.54) is 12.8 Å². The number of halogens is 1. The third kappa shape index (κ3) is 5.79. The van der Waals surface area contributed by atoms with Gasteiger partial charge in [0.15, 0.2) is 0 Å². The van der Waals surface area contributed by atoms with Gasteiger partial charge in [-0.2, -0.15) is 0 Å². The van der Waals surface area contributed by atoms with Gasteiger partial charge in [-0.3, -0.25) is 0 Å². The first-order valence-corrected chi connectivity index (χ1v) is 7.68.